The molecular formula is C66H44N6. The number of benzene rings is 10. The second kappa shape index (κ2) is 16.8. The lowest BCUT2D eigenvalue weighted by molar-refractivity contribution is 0.768. The average molecular weight is 921 g/mol. The van der Waals surface area contributed by atoms with Crippen LogP contribution in [0.1, 0.15) is 22.3 Å². The van der Waals surface area contributed by atoms with E-state index in [4.69, 9.17) is 0 Å². The van der Waals surface area contributed by atoms with Gasteiger partial charge in [0.25, 0.3) is 0 Å². The van der Waals surface area contributed by atoms with Gasteiger partial charge in [-0.3, -0.25) is 0 Å². The van der Waals surface area contributed by atoms with Crippen LogP contribution in [0.3, 0.4) is 0 Å². The number of anilines is 3. The smallest absolute Gasteiger partial charge is 0.162 e. The molecule has 0 atom stereocenters. The summed E-state index contributed by atoms with van der Waals surface area (Å²) in [5, 5.41) is 3.62. The van der Waals surface area contributed by atoms with E-state index in [1.165, 1.54) is 60.6 Å². The lowest BCUT2D eigenvalue weighted by Gasteiger charge is -2.35. The maximum absolute atomic E-state index is 4.45. The van der Waals surface area contributed by atoms with Gasteiger partial charge in [0, 0.05) is 56.4 Å². The van der Waals surface area contributed by atoms with Crippen LogP contribution in [0.2, 0.25) is 0 Å². The second-order valence-electron chi connectivity index (χ2n) is 18.5. The highest BCUT2D eigenvalue weighted by atomic mass is 15.1. The van der Waals surface area contributed by atoms with Crippen molar-refractivity contribution in [2.24, 2.45) is 0 Å². The first-order valence-electron chi connectivity index (χ1n) is 24.4. The third kappa shape index (κ3) is 6.46. The molecule has 0 aliphatic heterocycles. The summed E-state index contributed by atoms with van der Waals surface area (Å²) in [5.41, 5.74) is 19.1. The number of hydrogen-bond donors (Lipinski definition) is 0. The summed E-state index contributed by atoms with van der Waals surface area (Å²) in [6, 6.07) is 90.6. The molecule has 1 aliphatic carbocycles. The summed E-state index contributed by atoms with van der Waals surface area (Å²) >= 11 is 0. The first-order valence-corrected chi connectivity index (χ1v) is 24.4. The lowest BCUT2D eigenvalue weighted by atomic mass is 9.67. The fourth-order valence-electron chi connectivity index (χ4n) is 11.5. The third-order valence-corrected chi connectivity index (χ3v) is 14.7. The number of fused-ring (bicyclic) bond motifs is 8. The van der Waals surface area contributed by atoms with Crippen LogP contribution in [0.5, 0.6) is 0 Å². The SMILES string of the molecule is c1ccc(-n2ccc3ccc4c5cc(-c6ccc(N(c7ccc(-c8ncncn8)cc7)c7ccc8c(c7)C(c7ccccc7)(c7ccccc7)c7ccccc7-8)cc6)ccc5n(-c5ccccc5)c4c32)cc1. The van der Waals surface area contributed by atoms with E-state index in [1.54, 1.807) is 12.7 Å². The Bertz CT molecular complexity index is 4070. The molecule has 0 unspecified atom stereocenters. The summed E-state index contributed by atoms with van der Waals surface area (Å²) in [5.74, 6) is 0.636. The van der Waals surface area contributed by atoms with E-state index < -0.39 is 5.41 Å². The molecule has 1 aliphatic rings. The maximum Gasteiger partial charge on any atom is 0.162 e. The molecule has 3 aromatic heterocycles. The van der Waals surface area contributed by atoms with Crippen molar-refractivity contribution in [3.8, 4) is 45.0 Å². The Hall–Kier alpha value is -9.65. The Morgan fingerprint density at radius 2 is 0.958 bits per heavy atom. The first-order chi connectivity index (χ1) is 35.7. The van der Waals surface area contributed by atoms with E-state index in [9.17, 15) is 0 Å². The van der Waals surface area contributed by atoms with Crippen LogP contribution >= 0.6 is 0 Å². The minimum absolute atomic E-state index is 0.540. The van der Waals surface area contributed by atoms with Gasteiger partial charge in [0.15, 0.2) is 5.82 Å². The van der Waals surface area contributed by atoms with Crippen LogP contribution in [0, 0.1) is 0 Å². The minimum Gasteiger partial charge on any atom is -0.315 e. The van der Waals surface area contributed by atoms with Gasteiger partial charge in [-0.1, -0.05) is 158 Å². The summed E-state index contributed by atoms with van der Waals surface area (Å²) in [6.07, 6.45) is 5.28. The monoisotopic (exact) mass is 920 g/mol. The van der Waals surface area contributed by atoms with E-state index in [0.29, 0.717) is 5.82 Å². The van der Waals surface area contributed by atoms with Crippen LogP contribution in [-0.4, -0.2) is 24.1 Å². The minimum atomic E-state index is -0.540. The fourth-order valence-corrected chi connectivity index (χ4v) is 11.5. The molecule has 3 heterocycles. The highest BCUT2D eigenvalue weighted by Gasteiger charge is 2.46. The molecule has 0 fully saturated rings. The highest BCUT2D eigenvalue weighted by molar-refractivity contribution is 6.19. The van der Waals surface area contributed by atoms with Crippen molar-refractivity contribution in [1.29, 1.82) is 0 Å². The quantitative estimate of drug-likeness (QED) is 0.145. The topological polar surface area (TPSA) is 51.8 Å². The molecule has 0 saturated heterocycles. The molecule has 0 spiro atoms. The molecule has 13 aromatic rings. The van der Waals surface area contributed by atoms with E-state index in [0.717, 1.165) is 50.6 Å². The number of nitrogens with zero attached hydrogens (tertiary/aromatic N) is 6. The van der Waals surface area contributed by atoms with E-state index in [1.807, 2.05) is 0 Å². The zero-order valence-electron chi connectivity index (χ0n) is 39.1. The molecule has 0 N–H and O–H groups in total. The van der Waals surface area contributed by atoms with Gasteiger partial charge < -0.3 is 14.0 Å². The average Bonchev–Trinajstić information content (AvgIpc) is 4.14. The Morgan fingerprint density at radius 3 is 1.64 bits per heavy atom. The van der Waals surface area contributed by atoms with E-state index in [-0.39, 0.29) is 0 Å². The van der Waals surface area contributed by atoms with E-state index in [2.05, 4.69) is 284 Å². The Morgan fingerprint density at radius 1 is 0.389 bits per heavy atom. The van der Waals surface area contributed by atoms with Crippen molar-refractivity contribution in [2.45, 2.75) is 5.41 Å². The summed E-state index contributed by atoms with van der Waals surface area (Å²) in [4.78, 5) is 15.3. The standard InChI is InChI=1S/C66H44N6/c1-5-15-49(16-6-1)66(50-17-7-2-8-18-50)60-24-14-13-23-56(60)57-37-35-55(42-61(57)66)71(54-33-27-47(28-34-54)65-68-43-67-44-69-65)53-31-25-45(26-32-53)48-30-38-62-59(41-48)58-36-29-46-39-40-70(51-19-9-3-10-20-51)63(46)64(58)72(62)52-21-11-4-12-22-52/h1-44H. The number of para-hydroxylation sites is 2. The molecule has 14 rings (SSSR count). The molecule has 0 radical (unpaired) electrons. The van der Waals surface area contributed by atoms with Gasteiger partial charge in [-0.2, -0.15) is 0 Å². The van der Waals surface area contributed by atoms with Crippen molar-refractivity contribution in [3.05, 3.63) is 290 Å². The van der Waals surface area contributed by atoms with Crippen LogP contribution in [-0.2, 0) is 5.41 Å². The van der Waals surface area contributed by atoms with Gasteiger partial charge in [0.05, 0.1) is 22.0 Å². The zero-order chi connectivity index (χ0) is 47.6. The maximum atomic E-state index is 4.45. The second-order valence-corrected chi connectivity index (χ2v) is 18.5. The number of rotatable bonds is 9. The summed E-state index contributed by atoms with van der Waals surface area (Å²) < 4.78 is 4.76. The Kier molecular flexibility index (Phi) is 9.64. The van der Waals surface area contributed by atoms with Crippen LogP contribution in [0.4, 0.5) is 17.1 Å². The lowest BCUT2D eigenvalue weighted by Crippen LogP contribution is -2.28. The van der Waals surface area contributed by atoms with Gasteiger partial charge >= 0.3 is 0 Å². The fraction of sp³-hybridized carbons (Fsp3) is 0.0152. The van der Waals surface area contributed by atoms with Gasteiger partial charge in [-0.15, -0.1) is 0 Å². The van der Waals surface area contributed by atoms with Gasteiger partial charge in [0.2, 0.25) is 0 Å². The number of hydrogen-bond acceptors (Lipinski definition) is 4. The molecule has 0 bridgehead atoms. The van der Waals surface area contributed by atoms with Crippen molar-refractivity contribution < 1.29 is 0 Å². The molecular weight excluding hydrogens is 877 g/mol. The van der Waals surface area contributed by atoms with E-state index >= 15 is 0 Å². The van der Waals surface area contributed by atoms with Crippen molar-refractivity contribution in [1.82, 2.24) is 24.1 Å². The third-order valence-electron chi connectivity index (χ3n) is 14.7. The molecule has 6 nitrogen and oxygen atoms in total. The zero-order valence-corrected chi connectivity index (χ0v) is 39.1. The van der Waals surface area contributed by atoms with Crippen LogP contribution in [0.25, 0.3) is 77.7 Å². The van der Waals surface area contributed by atoms with Gasteiger partial charge in [0.1, 0.15) is 12.7 Å². The predicted octanol–water partition coefficient (Wildman–Crippen LogP) is 16.1. The molecule has 10 aromatic carbocycles. The van der Waals surface area contributed by atoms with Gasteiger partial charge in [-0.05, 0) is 136 Å². The van der Waals surface area contributed by atoms with Crippen molar-refractivity contribution in [3.63, 3.8) is 0 Å². The van der Waals surface area contributed by atoms with Crippen molar-refractivity contribution >= 4 is 49.8 Å². The largest absolute Gasteiger partial charge is 0.315 e. The highest BCUT2D eigenvalue weighted by Crippen LogP contribution is 2.57. The summed E-state index contributed by atoms with van der Waals surface area (Å²) in [6.45, 7) is 0. The Balaban J connectivity index is 0.928. The molecule has 338 valence electrons. The van der Waals surface area contributed by atoms with Crippen molar-refractivity contribution in [2.75, 3.05) is 4.90 Å². The van der Waals surface area contributed by atoms with Crippen LogP contribution in [0.15, 0.2) is 268 Å². The van der Waals surface area contributed by atoms with Gasteiger partial charge in [-0.25, -0.2) is 15.0 Å². The first kappa shape index (κ1) is 41.3. The molecule has 0 saturated carbocycles. The molecule has 6 heteroatoms. The summed E-state index contributed by atoms with van der Waals surface area (Å²) in [7, 11) is 0. The number of aromatic nitrogens is 5. The normalized spacial score (nSPS) is 12.6. The Labute approximate surface area is 417 Å². The predicted molar refractivity (Wildman–Crippen MR) is 294 cm³/mol. The van der Waals surface area contributed by atoms with Crippen LogP contribution < -0.4 is 4.90 Å². The molecule has 0 amide bonds. The molecule has 72 heavy (non-hydrogen) atoms.